The van der Waals surface area contributed by atoms with Crippen molar-refractivity contribution >= 4 is 50.7 Å². The number of carbonyl (C=O) groups is 2. The van der Waals surface area contributed by atoms with Gasteiger partial charge in [-0.3, -0.25) is 19.9 Å². The highest BCUT2D eigenvalue weighted by Crippen LogP contribution is 2.38. The molecule has 1 N–H and O–H groups in total. The summed E-state index contributed by atoms with van der Waals surface area (Å²) in [5.41, 5.74) is 4.62. The molecule has 0 unspecified atom stereocenters. The van der Waals surface area contributed by atoms with Gasteiger partial charge in [-0.15, -0.1) is 0 Å². The predicted octanol–water partition coefficient (Wildman–Crippen LogP) is 3.29. The van der Waals surface area contributed by atoms with E-state index in [2.05, 4.69) is 21.4 Å². The van der Waals surface area contributed by atoms with E-state index in [4.69, 9.17) is 16.4 Å². The minimum atomic E-state index is -0.965. The number of carbonyl (C=O) groups excluding carboxylic acids is 2. The Morgan fingerprint density at radius 1 is 1.08 bits per heavy atom. The summed E-state index contributed by atoms with van der Waals surface area (Å²) in [6.07, 6.45) is -0.965. The third-order valence-electron chi connectivity index (χ3n) is 3.91. The lowest BCUT2D eigenvalue weighted by Gasteiger charge is -2.16. The lowest BCUT2D eigenvalue weighted by atomic mass is 10.1. The van der Waals surface area contributed by atoms with Gasteiger partial charge in [0.1, 0.15) is 0 Å². The number of fused-ring (bicyclic) bond motifs is 1. The largest absolute Gasteiger partial charge is 0.270 e. The average molecular weight is 406 g/mol. The van der Waals surface area contributed by atoms with Crippen molar-refractivity contribution < 1.29 is 14.4 Å². The third-order valence-corrected chi connectivity index (χ3v) is 4.76. The summed E-state index contributed by atoms with van der Waals surface area (Å²) in [7, 11) is 0. The minimum Gasteiger partial charge on any atom is -0.270 e. The number of halogens is 2. The van der Waals surface area contributed by atoms with E-state index in [0.717, 1.165) is 14.9 Å². The van der Waals surface area contributed by atoms with E-state index in [1.54, 1.807) is 24.3 Å². The Morgan fingerprint density at radius 3 is 2.50 bits per heavy atom. The van der Waals surface area contributed by atoms with Crippen LogP contribution in [0.15, 0.2) is 58.6 Å². The number of hydrogen-bond donors (Lipinski definition) is 1. The van der Waals surface area contributed by atoms with E-state index in [1.807, 2.05) is 24.3 Å². The highest BCUT2D eigenvalue weighted by Gasteiger charge is 2.51. The summed E-state index contributed by atoms with van der Waals surface area (Å²) >= 11 is 9.51. The first kappa shape index (κ1) is 15.4. The summed E-state index contributed by atoms with van der Waals surface area (Å²) in [5, 5.41) is 0.331. The zero-order chi connectivity index (χ0) is 16.8. The van der Waals surface area contributed by atoms with Crippen molar-refractivity contribution in [2.75, 3.05) is 4.90 Å². The van der Waals surface area contributed by atoms with Crippen molar-refractivity contribution in [1.82, 2.24) is 5.48 Å². The predicted molar refractivity (Wildman–Crippen MR) is 93.0 cm³/mol. The fourth-order valence-electron chi connectivity index (χ4n) is 2.79. The van der Waals surface area contributed by atoms with E-state index < -0.39 is 17.9 Å². The molecule has 0 radical (unpaired) electrons. The summed E-state index contributed by atoms with van der Waals surface area (Å²) in [5.74, 6) is -0.885. The number of amides is 2. The zero-order valence-electron chi connectivity index (χ0n) is 12.1. The first-order valence-corrected chi connectivity index (χ1v) is 8.29. The highest BCUT2D eigenvalue weighted by molar-refractivity contribution is 9.10. The van der Waals surface area contributed by atoms with E-state index in [1.165, 1.54) is 0 Å². The zero-order valence-corrected chi connectivity index (χ0v) is 14.5. The molecule has 7 heteroatoms. The van der Waals surface area contributed by atoms with E-state index >= 15 is 0 Å². The van der Waals surface area contributed by atoms with Gasteiger partial charge in [-0.2, -0.15) is 0 Å². The molecule has 0 saturated carbocycles. The van der Waals surface area contributed by atoms with Crippen LogP contribution < -0.4 is 10.4 Å². The number of benzene rings is 2. The molecule has 0 aromatic heterocycles. The fourth-order valence-corrected chi connectivity index (χ4v) is 3.27. The Labute approximate surface area is 150 Å². The first-order valence-electron chi connectivity index (χ1n) is 7.12. The third kappa shape index (κ3) is 2.26. The van der Waals surface area contributed by atoms with Gasteiger partial charge in [0.15, 0.2) is 6.10 Å². The SMILES string of the molecule is O=C1C2=C(c3ccc(Br)cc3)NO[C@@H]2C(=O)N1c1ccccc1Cl. The summed E-state index contributed by atoms with van der Waals surface area (Å²) in [6, 6.07) is 14.1. The molecule has 5 nitrogen and oxygen atoms in total. The number of nitrogens with zero attached hydrogens (tertiary/aromatic N) is 1. The van der Waals surface area contributed by atoms with Crippen LogP contribution in [0.4, 0.5) is 5.69 Å². The molecule has 24 heavy (non-hydrogen) atoms. The second-order valence-corrected chi connectivity index (χ2v) is 6.65. The summed E-state index contributed by atoms with van der Waals surface area (Å²) in [4.78, 5) is 31.9. The molecular weight excluding hydrogens is 396 g/mol. The van der Waals surface area contributed by atoms with E-state index in [9.17, 15) is 9.59 Å². The molecule has 2 heterocycles. The fraction of sp³-hybridized carbons (Fsp3) is 0.0588. The molecule has 2 aromatic carbocycles. The van der Waals surface area contributed by atoms with Gasteiger partial charge in [-0.1, -0.05) is 51.8 Å². The number of hydrogen-bond acceptors (Lipinski definition) is 4. The van der Waals surface area contributed by atoms with Crippen LogP contribution in [0.1, 0.15) is 5.56 Å². The Morgan fingerprint density at radius 2 is 1.79 bits per heavy atom. The molecule has 0 spiro atoms. The lowest BCUT2D eigenvalue weighted by molar-refractivity contribution is -0.127. The van der Waals surface area contributed by atoms with Crippen molar-refractivity contribution in [3.05, 3.63) is 69.2 Å². The van der Waals surface area contributed by atoms with E-state index in [-0.39, 0.29) is 0 Å². The molecule has 4 rings (SSSR count). The van der Waals surface area contributed by atoms with Gasteiger partial charge >= 0.3 is 0 Å². The van der Waals surface area contributed by atoms with Crippen LogP contribution in [-0.2, 0) is 14.4 Å². The van der Waals surface area contributed by atoms with Crippen LogP contribution >= 0.6 is 27.5 Å². The van der Waals surface area contributed by atoms with E-state index in [0.29, 0.717) is 22.0 Å². The normalized spacial score (nSPS) is 19.8. The van der Waals surface area contributed by atoms with Crippen molar-refractivity contribution in [3.8, 4) is 0 Å². The molecule has 0 aliphatic carbocycles. The van der Waals surface area contributed by atoms with Crippen molar-refractivity contribution in [1.29, 1.82) is 0 Å². The maximum Gasteiger partial charge on any atom is 0.270 e. The number of para-hydroxylation sites is 1. The van der Waals surface area contributed by atoms with Gasteiger partial charge in [-0.25, -0.2) is 4.90 Å². The Balaban J connectivity index is 1.81. The molecule has 1 atom stereocenters. The van der Waals surface area contributed by atoms with Crippen molar-refractivity contribution in [2.45, 2.75) is 6.10 Å². The molecular formula is C17H10BrClN2O3. The van der Waals surface area contributed by atoms with Gasteiger partial charge < -0.3 is 0 Å². The molecule has 120 valence electrons. The topological polar surface area (TPSA) is 58.6 Å². The molecule has 0 bridgehead atoms. The van der Waals surface area contributed by atoms with Crippen LogP contribution in [0.25, 0.3) is 5.70 Å². The number of anilines is 1. The molecule has 2 aliphatic rings. The number of nitrogens with one attached hydrogen (secondary N) is 1. The number of hydroxylamine groups is 1. The van der Waals surface area contributed by atoms with Crippen LogP contribution in [0.3, 0.4) is 0 Å². The van der Waals surface area contributed by atoms with Crippen LogP contribution in [0, 0.1) is 0 Å². The van der Waals surface area contributed by atoms with Gasteiger partial charge in [0, 0.05) is 10.0 Å². The Kier molecular flexibility index (Phi) is 3.68. The van der Waals surface area contributed by atoms with Gasteiger partial charge in [0.05, 0.1) is 22.0 Å². The summed E-state index contributed by atoms with van der Waals surface area (Å²) in [6.45, 7) is 0. The Hall–Kier alpha value is -2.15. The van der Waals surface area contributed by atoms with Crippen LogP contribution in [-0.4, -0.2) is 17.9 Å². The first-order chi connectivity index (χ1) is 11.6. The van der Waals surface area contributed by atoms with Gasteiger partial charge in [-0.05, 0) is 24.3 Å². The number of imide groups is 1. The standard InChI is InChI=1S/C17H10BrClN2O3/c18-10-7-5-9(6-8-10)14-13-15(24-20-14)17(23)21(16(13)22)12-4-2-1-3-11(12)19/h1-8,15,20H/t15-/m0/s1. The second kappa shape index (κ2) is 5.73. The maximum atomic E-state index is 12.9. The van der Waals surface area contributed by atoms with Crippen LogP contribution in [0.5, 0.6) is 0 Å². The van der Waals surface area contributed by atoms with Crippen LogP contribution in [0.2, 0.25) is 5.02 Å². The quantitative estimate of drug-likeness (QED) is 0.779. The molecule has 1 fully saturated rings. The second-order valence-electron chi connectivity index (χ2n) is 5.33. The van der Waals surface area contributed by atoms with Gasteiger partial charge in [0.25, 0.3) is 11.8 Å². The van der Waals surface area contributed by atoms with Crippen molar-refractivity contribution in [3.63, 3.8) is 0 Å². The maximum absolute atomic E-state index is 12.9. The average Bonchev–Trinajstić information content (AvgIpc) is 3.11. The van der Waals surface area contributed by atoms with Gasteiger partial charge in [0.2, 0.25) is 0 Å². The molecule has 1 saturated heterocycles. The highest BCUT2D eigenvalue weighted by atomic mass is 79.9. The summed E-state index contributed by atoms with van der Waals surface area (Å²) < 4.78 is 0.916. The Bertz CT molecular complexity index is 895. The molecule has 2 aliphatic heterocycles. The van der Waals surface area contributed by atoms with Crippen molar-refractivity contribution in [2.24, 2.45) is 0 Å². The molecule has 2 amide bonds. The lowest BCUT2D eigenvalue weighted by Crippen LogP contribution is -2.34. The number of rotatable bonds is 2. The minimum absolute atomic E-state index is 0.294. The molecule has 2 aromatic rings. The smallest absolute Gasteiger partial charge is 0.270 e. The monoisotopic (exact) mass is 404 g/mol.